The van der Waals surface area contributed by atoms with E-state index < -0.39 is 0 Å². The van der Waals surface area contributed by atoms with E-state index in [2.05, 4.69) is 28.9 Å². The summed E-state index contributed by atoms with van der Waals surface area (Å²) in [6, 6.07) is 8.06. The molecule has 0 atom stereocenters. The molecule has 0 spiro atoms. The van der Waals surface area contributed by atoms with Crippen LogP contribution in [-0.2, 0) is 6.42 Å². The average Bonchev–Trinajstić information content (AvgIpc) is 2.16. The maximum Gasteiger partial charge on any atom is 0.0912 e. The molecule has 0 unspecified atom stereocenters. The van der Waals surface area contributed by atoms with Crippen molar-refractivity contribution < 1.29 is 0 Å². The van der Waals surface area contributed by atoms with E-state index in [0.29, 0.717) is 0 Å². The molecule has 0 aromatic heterocycles. The van der Waals surface area contributed by atoms with Crippen LogP contribution in [0.1, 0.15) is 18.1 Å². The quantitative estimate of drug-likeness (QED) is 0.720. The molecule has 0 aliphatic carbocycles. The van der Waals surface area contributed by atoms with E-state index >= 15 is 0 Å². The van der Waals surface area contributed by atoms with Gasteiger partial charge in [-0.2, -0.15) is 5.26 Å². The Balaban J connectivity index is 3.07. The summed E-state index contributed by atoms with van der Waals surface area (Å²) < 4.78 is 1.08. The van der Waals surface area contributed by atoms with Gasteiger partial charge >= 0.3 is 0 Å². The topological polar surface area (TPSA) is 23.8 Å². The fourth-order valence-corrected chi connectivity index (χ4v) is 1.58. The van der Waals surface area contributed by atoms with Gasteiger partial charge in [-0.3, -0.25) is 0 Å². The standard InChI is InChI=1S/C11H10BrN/c1-2-9-8-11(12)6-5-10(9)4-3-7-13/h3-6,8H,2H2,1H3. The lowest BCUT2D eigenvalue weighted by molar-refractivity contribution is 1.13. The van der Waals surface area contributed by atoms with Crippen LogP contribution in [0.4, 0.5) is 0 Å². The van der Waals surface area contributed by atoms with Crippen molar-refractivity contribution in [2.45, 2.75) is 13.3 Å². The highest BCUT2D eigenvalue weighted by Crippen LogP contribution is 2.18. The first-order chi connectivity index (χ1) is 6.27. The number of benzene rings is 1. The molecule has 66 valence electrons. The van der Waals surface area contributed by atoms with Gasteiger partial charge in [0, 0.05) is 10.5 Å². The van der Waals surface area contributed by atoms with E-state index in [1.54, 1.807) is 0 Å². The van der Waals surface area contributed by atoms with Crippen LogP contribution in [0.3, 0.4) is 0 Å². The third-order valence-corrected chi connectivity index (χ3v) is 2.32. The van der Waals surface area contributed by atoms with Gasteiger partial charge in [0.25, 0.3) is 0 Å². The van der Waals surface area contributed by atoms with Gasteiger partial charge in [0.05, 0.1) is 6.07 Å². The molecule has 0 N–H and O–H groups in total. The van der Waals surface area contributed by atoms with Crippen LogP contribution in [0.5, 0.6) is 0 Å². The van der Waals surface area contributed by atoms with Gasteiger partial charge in [-0.25, -0.2) is 0 Å². The molecule has 0 radical (unpaired) electrons. The first-order valence-electron chi connectivity index (χ1n) is 4.12. The average molecular weight is 236 g/mol. The number of nitriles is 1. The van der Waals surface area contributed by atoms with E-state index in [-0.39, 0.29) is 0 Å². The zero-order valence-corrected chi connectivity index (χ0v) is 9.01. The lowest BCUT2D eigenvalue weighted by Gasteiger charge is -2.02. The molecule has 1 aromatic rings. The predicted octanol–water partition coefficient (Wildman–Crippen LogP) is 3.55. The summed E-state index contributed by atoms with van der Waals surface area (Å²) in [5, 5.41) is 8.40. The maximum absolute atomic E-state index is 8.40. The SMILES string of the molecule is CCc1cc(Br)ccc1C=CC#N. The minimum absolute atomic E-state index is 0.977. The lowest BCUT2D eigenvalue weighted by atomic mass is 10.1. The lowest BCUT2D eigenvalue weighted by Crippen LogP contribution is -1.85. The Bertz CT molecular complexity index is 361. The van der Waals surface area contributed by atoms with E-state index in [1.807, 2.05) is 24.3 Å². The summed E-state index contributed by atoms with van der Waals surface area (Å²) in [7, 11) is 0. The summed E-state index contributed by atoms with van der Waals surface area (Å²) >= 11 is 3.42. The molecule has 1 aromatic carbocycles. The molecule has 0 aliphatic rings. The Labute approximate surface area is 86.8 Å². The fourth-order valence-electron chi connectivity index (χ4n) is 1.17. The second kappa shape index (κ2) is 4.84. The zero-order valence-electron chi connectivity index (χ0n) is 7.42. The number of halogens is 1. The van der Waals surface area contributed by atoms with Crippen LogP contribution in [0, 0.1) is 11.3 Å². The minimum Gasteiger partial charge on any atom is -0.193 e. The van der Waals surface area contributed by atoms with E-state index in [1.165, 1.54) is 11.6 Å². The summed E-state index contributed by atoms with van der Waals surface area (Å²) in [4.78, 5) is 0. The molecule has 1 rings (SSSR count). The Morgan fingerprint density at radius 1 is 1.54 bits per heavy atom. The number of rotatable bonds is 2. The highest BCUT2D eigenvalue weighted by Gasteiger charge is 1.97. The van der Waals surface area contributed by atoms with E-state index in [0.717, 1.165) is 16.5 Å². The van der Waals surface area contributed by atoms with Crippen LogP contribution in [-0.4, -0.2) is 0 Å². The summed E-state index contributed by atoms with van der Waals surface area (Å²) in [5.41, 5.74) is 2.37. The normalized spacial score (nSPS) is 10.2. The van der Waals surface area contributed by atoms with Gasteiger partial charge in [-0.1, -0.05) is 28.9 Å². The Hall–Kier alpha value is -1.07. The van der Waals surface area contributed by atoms with E-state index in [4.69, 9.17) is 5.26 Å². The first-order valence-corrected chi connectivity index (χ1v) is 4.91. The predicted molar refractivity (Wildman–Crippen MR) is 58.2 cm³/mol. The Kier molecular flexibility index (Phi) is 3.72. The van der Waals surface area contributed by atoms with Crippen molar-refractivity contribution in [2.75, 3.05) is 0 Å². The summed E-state index contributed by atoms with van der Waals surface area (Å²) in [6.45, 7) is 2.10. The smallest absolute Gasteiger partial charge is 0.0912 e. The largest absolute Gasteiger partial charge is 0.193 e. The molecular formula is C11H10BrN. The maximum atomic E-state index is 8.40. The first kappa shape index (κ1) is 10.0. The highest BCUT2D eigenvalue weighted by atomic mass is 79.9. The summed E-state index contributed by atoms with van der Waals surface area (Å²) in [5.74, 6) is 0. The van der Waals surface area contributed by atoms with Crippen molar-refractivity contribution in [2.24, 2.45) is 0 Å². The summed E-state index contributed by atoms with van der Waals surface area (Å²) in [6.07, 6.45) is 4.32. The third kappa shape index (κ3) is 2.71. The number of nitrogens with zero attached hydrogens (tertiary/aromatic N) is 1. The van der Waals surface area contributed by atoms with Gasteiger partial charge < -0.3 is 0 Å². The fraction of sp³-hybridized carbons (Fsp3) is 0.182. The van der Waals surface area contributed by atoms with Crippen LogP contribution in [0.15, 0.2) is 28.7 Å². The van der Waals surface area contributed by atoms with Gasteiger partial charge in [0.2, 0.25) is 0 Å². The van der Waals surface area contributed by atoms with E-state index in [9.17, 15) is 0 Å². The van der Waals surface area contributed by atoms with Crippen molar-refractivity contribution >= 4 is 22.0 Å². The van der Waals surface area contributed by atoms with Crippen molar-refractivity contribution in [3.05, 3.63) is 39.9 Å². The van der Waals surface area contributed by atoms with Crippen LogP contribution >= 0.6 is 15.9 Å². The number of aryl methyl sites for hydroxylation is 1. The van der Waals surface area contributed by atoms with Gasteiger partial charge in [0.15, 0.2) is 0 Å². The van der Waals surface area contributed by atoms with Crippen LogP contribution in [0.2, 0.25) is 0 Å². The number of hydrogen-bond acceptors (Lipinski definition) is 1. The number of allylic oxidation sites excluding steroid dienone is 1. The molecular weight excluding hydrogens is 226 g/mol. The van der Waals surface area contributed by atoms with Crippen LogP contribution in [0.25, 0.3) is 6.08 Å². The second-order valence-corrected chi connectivity index (χ2v) is 3.57. The minimum atomic E-state index is 0.977. The molecule has 13 heavy (non-hydrogen) atoms. The molecule has 0 aliphatic heterocycles. The van der Waals surface area contributed by atoms with Gasteiger partial charge in [0.1, 0.15) is 0 Å². The monoisotopic (exact) mass is 235 g/mol. The van der Waals surface area contributed by atoms with Crippen molar-refractivity contribution in [3.63, 3.8) is 0 Å². The zero-order chi connectivity index (χ0) is 9.68. The third-order valence-electron chi connectivity index (χ3n) is 1.82. The highest BCUT2D eigenvalue weighted by molar-refractivity contribution is 9.10. The molecule has 0 saturated carbocycles. The van der Waals surface area contributed by atoms with Crippen LogP contribution < -0.4 is 0 Å². The molecule has 0 fully saturated rings. The second-order valence-electron chi connectivity index (χ2n) is 2.66. The van der Waals surface area contributed by atoms with Gasteiger partial charge in [-0.15, -0.1) is 0 Å². The van der Waals surface area contributed by atoms with Gasteiger partial charge in [-0.05, 0) is 35.8 Å². The molecule has 0 heterocycles. The number of hydrogen-bond donors (Lipinski definition) is 0. The molecule has 0 amide bonds. The Morgan fingerprint density at radius 2 is 2.31 bits per heavy atom. The molecule has 0 saturated heterocycles. The van der Waals surface area contributed by atoms with Crippen molar-refractivity contribution in [1.29, 1.82) is 5.26 Å². The molecule has 0 bridgehead atoms. The Morgan fingerprint density at radius 3 is 2.92 bits per heavy atom. The van der Waals surface area contributed by atoms with Crippen molar-refractivity contribution in [1.82, 2.24) is 0 Å². The molecule has 1 nitrogen and oxygen atoms in total. The van der Waals surface area contributed by atoms with Crippen molar-refractivity contribution in [3.8, 4) is 6.07 Å². The molecule has 2 heteroatoms.